The van der Waals surface area contributed by atoms with E-state index < -0.39 is 11.7 Å². The van der Waals surface area contributed by atoms with Gasteiger partial charge in [0.25, 0.3) is 0 Å². The Bertz CT molecular complexity index is 3460. The quantitative estimate of drug-likeness (QED) is 0.0468. The van der Waals surface area contributed by atoms with Gasteiger partial charge in [-0.1, -0.05) is 232 Å². The van der Waals surface area contributed by atoms with E-state index in [2.05, 4.69) is 180 Å². The summed E-state index contributed by atoms with van der Waals surface area (Å²) in [4.78, 5) is 28.4. The van der Waals surface area contributed by atoms with Crippen molar-refractivity contribution in [3.05, 3.63) is 232 Å². The number of alkyl halides is 3. The predicted octanol–water partition coefficient (Wildman–Crippen LogP) is 17.6. The summed E-state index contributed by atoms with van der Waals surface area (Å²) in [7, 11) is 0. The minimum absolute atomic E-state index is 0. The van der Waals surface area contributed by atoms with Crippen LogP contribution in [-0.4, -0.2) is 165 Å². The average Bonchev–Trinajstić information content (AvgIpc) is 0.847. The smallest absolute Gasteiger partial charge is 0.336 e. The Morgan fingerprint density at radius 1 is 0.406 bits per heavy atom. The van der Waals surface area contributed by atoms with Crippen molar-refractivity contribution in [2.75, 3.05) is 117 Å². The third-order valence-electron chi connectivity index (χ3n) is 22.6. The van der Waals surface area contributed by atoms with Crippen molar-refractivity contribution >= 4 is 11.7 Å². The number of carbonyl (C=O) groups excluding carboxylic acids is 1. The maximum Gasteiger partial charge on any atom is 0.416 e. The molecule has 14 heteroatoms. The molecule has 101 heavy (non-hydrogen) atoms. The molecule has 0 radical (unpaired) electrons. The molecule has 13 rings (SSSR count). The number of amides is 2. The van der Waals surface area contributed by atoms with Gasteiger partial charge in [-0.15, -0.1) is 0 Å². The van der Waals surface area contributed by atoms with Gasteiger partial charge >= 0.3 is 12.2 Å². The first-order chi connectivity index (χ1) is 49.3. The molecule has 7 aromatic rings. The van der Waals surface area contributed by atoms with Crippen molar-refractivity contribution in [3.8, 4) is 11.1 Å². The average molecular weight is 1380 g/mol. The van der Waals surface area contributed by atoms with Gasteiger partial charge < -0.3 is 21.3 Å². The molecule has 0 bridgehead atoms. The van der Waals surface area contributed by atoms with Gasteiger partial charge in [0.05, 0.1) is 11.6 Å². The summed E-state index contributed by atoms with van der Waals surface area (Å²) in [6, 6.07) is 64.5. The second kappa shape index (κ2) is 39.2. The minimum Gasteiger partial charge on any atom is -0.336 e. The van der Waals surface area contributed by atoms with Crippen LogP contribution in [0.1, 0.15) is 167 Å². The van der Waals surface area contributed by atoms with Gasteiger partial charge in [0.15, 0.2) is 0 Å². The molecule has 3 unspecified atom stereocenters. The van der Waals surface area contributed by atoms with E-state index in [-0.39, 0.29) is 21.0 Å². The highest BCUT2D eigenvalue weighted by atomic mass is 19.4. The van der Waals surface area contributed by atoms with E-state index in [1.807, 2.05) is 49.4 Å². The number of hydrogen-bond donors (Lipinski definition) is 4. The van der Waals surface area contributed by atoms with E-state index in [9.17, 15) is 18.0 Å². The van der Waals surface area contributed by atoms with Gasteiger partial charge in [0, 0.05) is 137 Å². The molecular weight excluding hydrogens is 1260 g/mol. The third kappa shape index (κ3) is 23.4. The predicted molar refractivity (Wildman–Crippen MR) is 416 cm³/mol. The molecule has 546 valence electrons. The second-order valence-electron chi connectivity index (χ2n) is 29.7. The zero-order valence-electron chi connectivity index (χ0n) is 61.1. The molecule has 3 saturated carbocycles. The van der Waals surface area contributed by atoms with Gasteiger partial charge in [0.2, 0.25) is 0 Å². The number of benzene rings is 7. The second-order valence-corrected chi connectivity index (χ2v) is 29.7. The fraction of sp³-hybridized carbons (Fsp3) is 0.506. The van der Waals surface area contributed by atoms with Crippen LogP contribution < -0.4 is 21.3 Å². The summed E-state index contributed by atoms with van der Waals surface area (Å²) in [5.74, 6) is 0. The number of nitrogens with zero attached hydrogens (tertiary/aromatic N) is 6. The van der Waals surface area contributed by atoms with Crippen molar-refractivity contribution in [1.29, 1.82) is 0 Å². The van der Waals surface area contributed by atoms with Crippen LogP contribution in [0, 0.1) is 20.8 Å². The van der Waals surface area contributed by atoms with Crippen LogP contribution in [0.4, 0.5) is 23.7 Å². The number of carbonyl (C=O) groups is 1. The number of anilines is 1. The number of nitrogens with one attached hydrogen (secondary N) is 4. The van der Waals surface area contributed by atoms with Crippen LogP contribution in [0.2, 0.25) is 0 Å². The minimum atomic E-state index is -4.30. The van der Waals surface area contributed by atoms with Crippen LogP contribution in [-0.2, 0) is 19.0 Å². The molecule has 0 aromatic heterocycles. The summed E-state index contributed by atoms with van der Waals surface area (Å²) in [6.45, 7) is 23.8. The molecule has 6 fully saturated rings. The number of hydrogen-bond acceptors (Lipinski definition) is 9. The highest BCUT2D eigenvalue weighted by molar-refractivity contribution is 5.89. The zero-order chi connectivity index (χ0) is 70.0. The summed E-state index contributed by atoms with van der Waals surface area (Å²) in [5, 5.41) is 13.5. The van der Waals surface area contributed by atoms with Crippen molar-refractivity contribution in [2.45, 2.75) is 172 Å². The molecular formula is C87H121F3N10O. The topological polar surface area (TPSA) is 84.6 Å². The highest BCUT2D eigenvalue weighted by Gasteiger charge is 2.34. The van der Waals surface area contributed by atoms with E-state index >= 15 is 0 Å². The molecule has 0 spiro atoms. The molecule has 11 nitrogen and oxygen atoms in total. The normalized spacial score (nSPS) is 19.4. The monoisotopic (exact) mass is 1380 g/mol. The van der Waals surface area contributed by atoms with Crippen LogP contribution in [0.3, 0.4) is 0 Å². The Morgan fingerprint density at radius 3 is 1.22 bits per heavy atom. The van der Waals surface area contributed by atoms with Gasteiger partial charge in [0.1, 0.15) is 0 Å². The van der Waals surface area contributed by atoms with Gasteiger partial charge in [-0.25, -0.2) is 4.79 Å². The molecule has 7 aromatic carbocycles. The van der Waals surface area contributed by atoms with Crippen LogP contribution in [0.15, 0.2) is 182 Å². The largest absolute Gasteiger partial charge is 0.416 e. The molecule has 3 saturated heterocycles. The van der Waals surface area contributed by atoms with Crippen LogP contribution in [0.25, 0.3) is 11.1 Å². The molecule has 3 heterocycles. The van der Waals surface area contributed by atoms with Crippen molar-refractivity contribution in [2.24, 2.45) is 0 Å². The lowest BCUT2D eigenvalue weighted by Gasteiger charge is -2.43. The molecule has 2 amide bonds. The lowest BCUT2D eigenvalue weighted by Crippen LogP contribution is -2.53. The summed E-state index contributed by atoms with van der Waals surface area (Å²) >= 11 is 0. The Balaban J connectivity index is 0.000000178. The lowest BCUT2D eigenvalue weighted by molar-refractivity contribution is -0.137. The van der Waals surface area contributed by atoms with E-state index in [0.717, 1.165) is 121 Å². The maximum absolute atomic E-state index is 13.1. The number of piperazine rings is 3. The summed E-state index contributed by atoms with van der Waals surface area (Å²) in [5.41, 5.74) is 13.1. The third-order valence-corrected chi connectivity index (χ3v) is 22.6. The van der Waals surface area contributed by atoms with E-state index in [4.69, 9.17) is 0 Å². The van der Waals surface area contributed by atoms with Crippen molar-refractivity contribution < 1.29 is 20.8 Å². The molecule has 3 atom stereocenters. The SMILES string of the molecule is Cc1cc(C)cc(CCNCC(c2ccc(-c3ccccc3)cc2)N2CCN(C3CCCCC3)CC2)c1.Cc1ccc(NC(=O)NCC(c2ccccc2)N2CCN(C3CCCCC3)CC2)cc1.FC(F)(F)c1ccc(C(CNCCc2ccccc2)N2CCN(C3CCCCC3)CC2)cc1.[HH].[HH]. The van der Waals surface area contributed by atoms with E-state index in [1.54, 1.807) is 12.1 Å². The molecule has 6 aliphatic rings. The number of urea groups is 1. The first-order valence-electron chi connectivity index (χ1n) is 38.8. The number of rotatable bonds is 23. The first-order valence-corrected chi connectivity index (χ1v) is 38.8. The summed E-state index contributed by atoms with van der Waals surface area (Å²) < 4.78 is 39.2. The van der Waals surface area contributed by atoms with Crippen LogP contribution in [0.5, 0.6) is 0 Å². The standard InChI is InChI=1S/C34H45N3.C27H36F3N3.C26H36N4O.2H2/c1-27-23-28(2)25-29(24-27)17-18-35-26-34(32-15-13-31(14-16-32)30-9-5-3-6-10-30)37-21-19-36(20-22-37)33-11-7-4-8-12-33;28-27(29,30)24-13-11-23(12-14-24)26(21-31-16-15-22-7-3-1-4-8-22)33-19-17-32(18-20-33)25-9-5-2-6-10-25;1-21-12-14-23(15-13-21)28-26(31)27-20-25(22-8-4-2-5-9-22)30-18-16-29(17-19-30)24-10-6-3-7-11-24;;/h3,5-6,9-10,13-16,23-25,33-35H,4,7-8,11-12,17-22,26H2,1-2H3;1,3-4,7-8,11-14,25-26,31H,2,5-6,9-10,15-21H2;2,4-5,8-9,12-15,24-25H,3,6-7,10-11,16-20H2,1H3,(H2,27,28,31);2*1H. The Kier molecular flexibility index (Phi) is 29.3. The lowest BCUT2D eigenvalue weighted by atomic mass is 9.93. The van der Waals surface area contributed by atoms with Crippen molar-refractivity contribution in [1.82, 2.24) is 45.3 Å². The van der Waals surface area contributed by atoms with Gasteiger partial charge in [-0.2, -0.15) is 13.2 Å². The molecule has 3 aliphatic carbocycles. The van der Waals surface area contributed by atoms with Crippen molar-refractivity contribution in [3.63, 3.8) is 0 Å². The number of aryl methyl sites for hydroxylation is 3. The Morgan fingerprint density at radius 2 is 0.782 bits per heavy atom. The number of halogens is 3. The van der Waals surface area contributed by atoms with E-state index in [1.165, 1.54) is 185 Å². The Labute approximate surface area is 607 Å². The fourth-order valence-electron chi connectivity index (χ4n) is 16.9. The van der Waals surface area contributed by atoms with Crippen LogP contribution >= 0.6 is 0 Å². The highest BCUT2D eigenvalue weighted by Crippen LogP contribution is 2.34. The van der Waals surface area contributed by atoms with Gasteiger partial charge in [-0.05, 0) is 148 Å². The van der Waals surface area contributed by atoms with E-state index in [0.29, 0.717) is 12.6 Å². The molecule has 4 N–H and O–H groups in total. The first kappa shape index (κ1) is 75.4. The maximum atomic E-state index is 13.1. The summed E-state index contributed by atoms with van der Waals surface area (Å²) in [6.07, 6.45) is 18.4. The van der Waals surface area contributed by atoms with Gasteiger partial charge in [-0.3, -0.25) is 29.4 Å². The fourth-order valence-corrected chi connectivity index (χ4v) is 16.9. The molecule has 3 aliphatic heterocycles. The Hall–Kier alpha value is -6.72. The zero-order valence-corrected chi connectivity index (χ0v) is 61.1.